The van der Waals surface area contributed by atoms with Crippen molar-refractivity contribution in [1.82, 2.24) is 4.90 Å². The molecule has 0 atom stereocenters. The maximum absolute atomic E-state index is 12.3. The van der Waals surface area contributed by atoms with E-state index < -0.39 is 4.92 Å². The van der Waals surface area contributed by atoms with Crippen LogP contribution in [0, 0.1) is 10.1 Å². The van der Waals surface area contributed by atoms with Crippen molar-refractivity contribution in [3.05, 3.63) is 39.9 Å². The van der Waals surface area contributed by atoms with Crippen LogP contribution in [-0.4, -0.2) is 27.8 Å². The predicted octanol–water partition coefficient (Wildman–Crippen LogP) is 2.54. The lowest BCUT2D eigenvalue weighted by Crippen LogP contribution is -2.39. The third kappa shape index (κ3) is 3.10. The SMILES string of the molecule is CC(C)N(C(=O)Cc1ccccc1[N+](=O)[O-])C1CC1. The van der Waals surface area contributed by atoms with Crippen molar-refractivity contribution in [1.29, 1.82) is 0 Å². The minimum atomic E-state index is -0.431. The van der Waals surface area contributed by atoms with E-state index in [1.807, 2.05) is 18.7 Å². The van der Waals surface area contributed by atoms with E-state index in [-0.39, 0.29) is 24.1 Å². The van der Waals surface area contributed by atoms with Crippen molar-refractivity contribution >= 4 is 11.6 Å². The summed E-state index contributed by atoms with van der Waals surface area (Å²) in [7, 11) is 0. The van der Waals surface area contributed by atoms with Gasteiger partial charge < -0.3 is 4.90 Å². The molecule has 5 heteroatoms. The summed E-state index contributed by atoms with van der Waals surface area (Å²) in [6.07, 6.45) is 2.19. The van der Waals surface area contributed by atoms with Gasteiger partial charge in [-0.2, -0.15) is 0 Å². The molecule has 0 aliphatic heterocycles. The second kappa shape index (κ2) is 5.38. The average Bonchev–Trinajstić information content (AvgIpc) is 3.13. The highest BCUT2D eigenvalue weighted by atomic mass is 16.6. The van der Waals surface area contributed by atoms with Crippen LogP contribution in [0.1, 0.15) is 32.3 Å². The Kier molecular flexibility index (Phi) is 3.83. The van der Waals surface area contributed by atoms with Gasteiger partial charge in [-0.1, -0.05) is 18.2 Å². The van der Waals surface area contributed by atoms with Crippen molar-refractivity contribution in [3.63, 3.8) is 0 Å². The highest BCUT2D eigenvalue weighted by molar-refractivity contribution is 5.80. The van der Waals surface area contributed by atoms with Gasteiger partial charge in [0.1, 0.15) is 0 Å². The maximum Gasteiger partial charge on any atom is 0.273 e. The fourth-order valence-electron chi connectivity index (χ4n) is 2.36. The van der Waals surface area contributed by atoms with Gasteiger partial charge in [0.05, 0.1) is 11.3 Å². The fraction of sp³-hybridized carbons (Fsp3) is 0.500. The number of rotatable bonds is 5. The van der Waals surface area contributed by atoms with Crippen LogP contribution in [0.25, 0.3) is 0 Å². The van der Waals surface area contributed by atoms with Gasteiger partial charge in [0.2, 0.25) is 5.91 Å². The van der Waals surface area contributed by atoms with Crippen LogP contribution in [0.15, 0.2) is 24.3 Å². The molecule has 0 heterocycles. The average molecular weight is 262 g/mol. The highest BCUT2D eigenvalue weighted by Gasteiger charge is 2.34. The molecular weight excluding hydrogens is 244 g/mol. The Morgan fingerprint density at radius 2 is 2.05 bits per heavy atom. The molecule has 2 rings (SSSR count). The molecule has 0 bridgehead atoms. The van der Waals surface area contributed by atoms with Gasteiger partial charge in [-0.15, -0.1) is 0 Å². The van der Waals surface area contributed by atoms with Crippen LogP contribution in [0.4, 0.5) is 5.69 Å². The van der Waals surface area contributed by atoms with Gasteiger partial charge in [-0.05, 0) is 26.7 Å². The number of hydrogen-bond donors (Lipinski definition) is 0. The van der Waals surface area contributed by atoms with Crippen molar-refractivity contribution < 1.29 is 9.72 Å². The van der Waals surface area contributed by atoms with E-state index in [9.17, 15) is 14.9 Å². The van der Waals surface area contributed by atoms with Crippen LogP contribution in [0.2, 0.25) is 0 Å². The number of benzene rings is 1. The summed E-state index contributed by atoms with van der Waals surface area (Å²) in [6.45, 7) is 3.96. The molecular formula is C14H18N2O3. The molecule has 5 nitrogen and oxygen atoms in total. The zero-order chi connectivity index (χ0) is 14.0. The zero-order valence-electron chi connectivity index (χ0n) is 11.2. The third-order valence-corrected chi connectivity index (χ3v) is 3.31. The molecule has 0 N–H and O–H groups in total. The number of para-hydroxylation sites is 1. The Hall–Kier alpha value is -1.91. The monoisotopic (exact) mass is 262 g/mol. The molecule has 1 fully saturated rings. The molecule has 1 saturated carbocycles. The van der Waals surface area contributed by atoms with E-state index in [2.05, 4.69) is 0 Å². The van der Waals surface area contributed by atoms with Gasteiger partial charge in [0.25, 0.3) is 5.69 Å². The van der Waals surface area contributed by atoms with Crippen LogP contribution in [0.3, 0.4) is 0 Å². The summed E-state index contributed by atoms with van der Waals surface area (Å²) in [5, 5.41) is 10.9. The van der Waals surface area contributed by atoms with Crippen molar-refractivity contribution in [3.8, 4) is 0 Å². The Morgan fingerprint density at radius 3 is 2.58 bits per heavy atom. The first-order chi connectivity index (χ1) is 9.00. The van der Waals surface area contributed by atoms with Crippen LogP contribution < -0.4 is 0 Å². The lowest BCUT2D eigenvalue weighted by molar-refractivity contribution is -0.385. The predicted molar refractivity (Wildman–Crippen MR) is 71.8 cm³/mol. The fourth-order valence-corrected chi connectivity index (χ4v) is 2.36. The molecule has 102 valence electrons. The van der Waals surface area contributed by atoms with Gasteiger partial charge >= 0.3 is 0 Å². The summed E-state index contributed by atoms with van der Waals surface area (Å²) in [4.78, 5) is 24.7. The Balaban J connectivity index is 2.16. The summed E-state index contributed by atoms with van der Waals surface area (Å²) in [5.74, 6) is -0.0215. The van der Waals surface area contributed by atoms with Crippen molar-refractivity contribution in [2.24, 2.45) is 0 Å². The van der Waals surface area contributed by atoms with Crippen molar-refractivity contribution in [2.45, 2.75) is 45.2 Å². The molecule has 1 aliphatic rings. The van der Waals surface area contributed by atoms with Crippen molar-refractivity contribution in [2.75, 3.05) is 0 Å². The van der Waals surface area contributed by atoms with Gasteiger partial charge in [-0.25, -0.2) is 0 Å². The van der Waals surface area contributed by atoms with E-state index in [4.69, 9.17) is 0 Å². The number of nitro benzene ring substituents is 1. The number of nitrogens with zero attached hydrogens (tertiary/aromatic N) is 2. The molecule has 1 aromatic carbocycles. The summed E-state index contributed by atoms with van der Waals surface area (Å²) >= 11 is 0. The molecule has 0 saturated heterocycles. The third-order valence-electron chi connectivity index (χ3n) is 3.31. The van der Waals surface area contributed by atoms with Crippen LogP contribution >= 0.6 is 0 Å². The van der Waals surface area contributed by atoms with E-state index in [0.29, 0.717) is 11.6 Å². The summed E-state index contributed by atoms with van der Waals surface area (Å²) in [6, 6.07) is 6.92. The van der Waals surface area contributed by atoms with E-state index in [1.54, 1.807) is 18.2 Å². The summed E-state index contributed by atoms with van der Waals surface area (Å²) in [5.41, 5.74) is 0.513. The largest absolute Gasteiger partial charge is 0.337 e. The Bertz CT molecular complexity index is 493. The first kappa shape index (κ1) is 13.5. The number of carbonyl (C=O) groups excluding carboxylic acids is 1. The number of amides is 1. The van der Waals surface area contributed by atoms with E-state index in [0.717, 1.165) is 12.8 Å². The smallest absolute Gasteiger partial charge is 0.273 e. The minimum absolute atomic E-state index is 0.0215. The molecule has 19 heavy (non-hydrogen) atoms. The molecule has 0 aromatic heterocycles. The maximum atomic E-state index is 12.3. The lowest BCUT2D eigenvalue weighted by Gasteiger charge is -2.26. The lowest BCUT2D eigenvalue weighted by atomic mass is 10.1. The molecule has 1 amide bonds. The number of carbonyl (C=O) groups is 1. The number of nitro groups is 1. The van der Waals surface area contributed by atoms with E-state index >= 15 is 0 Å². The normalized spacial score (nSPS) is 14.5. The quantitative estimate of drug-likeness (QED) is 0.605. The second-order valence-electron chi connectivity index (χ2n) is 5.19. The molecule has 1 aromatic rings. The van der Waals surface area contributed by atoms with Crippen LogP contribution in [-0.2, 0) is 11.2 Å². The second-order valence-corrected chi connectivity index (χ2v) is 5.19. The highest BCUT2D eigenvalue weighted by Crippen LogP contribution is 2.30. The molecule has 1 aliphatic carbocycles. The first-order valence-corrected chi connectivity index (χ1v) is 6.54. The molecule has 0 spiro atoms. The Morgan fingerprint density at radius 1 is 1.42 bits per heavy atom. The van der Waals surface area contributed by atoms with Crippen LogP contribution in [0.5, 0.6) is 0 Å². The number of hydrogen-bond acceptors (Lipinski definition) is 3. The molecule has 0 unspecified atom stereocenters. The Labute approximate surface area is 112 Å². The molecule has 0 radical (unpaired) electrons. The standard InChI is InChI=1S/C14H18N2O3/c1-10(2)15(12-7-8-12)14(17)9-11-5-3-4-6-13(11)16(18)19/h3-6,10,12H,7-9H2,1-2H3. The van der Waals surface area contributed by atoms with Gasteiger partial charge in [0.15, 0.2) is 0 Å². The minimum Gasteiger partial charge on any atom is -0.337 e. The van der Waals surface area contributed by atoms with Gasteiger partial charge in [-0.3, -0.25) is 14.9 Å². The van der Waals surface area contributed by atoms with E-state index in [1.165, 1.54) is 6.07 Å². The topological polar surface area (TPSA) is 63.5 Å². The zero-order valence-corrected chi connectivity index (χ0v) is 11.2. The first-order valence-electron chi connectivity index (χ1n) is 6.54. The summed E-state index contributed by atoms with van der Waals surface area (Å²) < 4.78 is 0. The van der Waals surface area contributed by atoms with Gasteiger partial charge in [0, 0.05) is 23.7 Å².